The molecule has 2 N–H and O–H groups in total. The van der Waals surface area contributed by atoms with Crippen LogP contribution in [0.15, 0.2) is 89.5 Å². The first-order valence-corrected chi connectivity index (χ1v) is 9.68. The van der Waals surface area contributed by atoms with Gasteiger partial charge in [-0.05, 0) is 30.0 Å². The van der Waals surface area contributed by atoms with E-state index in [1.807, 2.05) is 18.2 Å². The first kappa shape index (κ1) is 18.3. The molecule has 0 aliphatic carbocycles. The van der Waals surface area contributed by atoms with E-state index < -0.39 is 6.10 Å². The van der Waals surface area contributed by atoms with E-state index in [4.69, 9.17) is 4.42 Å². The van der Waals surface area contributed by atoms with Crippen LogP contribution in [0.2, 0.25) is 0 Å². The molecule has 1 unspecified atom stereocenters. The van der Waals surface area contributed by atoms with E-state index in [0.29, 0.717) is 18.4 Å². The summed E-state index contributed by atoms with van der Waals surface area (Å²) < 4.78 is 5.48. The second-order valence-corrected chi connectivity index (χ2v) is 7.22. The van der Waals surface area contributed by atoms with Gasteiger partial charge in [0.2, 0.25) is 0 Å². The number of rotatable bonds is 7. The number of benzene rings is 3. The third kappa shape index (κ3) is 3.95. The molecule has 3 nitrogen and oxygen atoms in total. The molecule has 3 aromatic carbocycles. The average molecular weight is 372 g/mol. The highest BCUT2D eigenvalue weighted by Gasteiger charge is 2.18. The highest BCUT2D eigenvalue weighted by atomic mass is 16.3. The molecule has 0 fully saturated rings. The van der Waals surface area contributed by atoms with Gasteiger partial charge in [0.05, 0.1) is 12.4 Å². The van der Waals surface area contributed by atoms with Crippen molar-refractivity contribution in [1.29, 1.82) is 0 Å². The lowest BCUT2D eigenvalue weighted by molar-refractivity contribution is 0.160. The minimum Gasteiger partial charge on any atom is -0.504 e. The molecule has 0 saturated heterocycles. The number of furan rings is 1. The fourth-order valence-electron chi connectivity index (χ4n) is 3.86. The SMILES string of the molecule is Oc1cccc2c(CC(O)CCC(c3ccccc3)c3ccccc3)coc12. The highest BCUT2D eigenvalue weighted by molar-refractivity contribution is 5.85. The summed E-state index contributed by atoms with van der Waals surface area (Å²) in [6, 6.07) is 26.2. The van der Waals surface area contributed by atoms with E-state index in [1.54, 1.807) is 18.4 Å². The monoisotopic (exact) mass is 372 g/mol. The largest absolute Gasteiger partial charge is 0.504 e. The lowest BCUT2D eigenvalue weighted by Gasteiger charge is -2.20. The summed E-state index contributed by atoms with van der Waals surface area (Å²) in [4.78, 5) is 0. The van der Waals surface area contributed by atoms with Crippen molar-refractivity contribution in [2.45, 2.75) is 31.3 Å². The van der Waals surface area contributed by atoms with Crippen LogP contribution in [-0.4, -0.2) is 16.3 Å². The maximum absolute atomic E-state index is 10.7. The van der Waals surface area contributed by atoms with Gasteiger partial charge in [-0.3, -0.25) is 0 Å². The Morgan fingerprint density at radius 2 is 1.39 bits per heavy atom. The third-order valence-corrected chi connectivity index (χ3v) is 5.31. The van der Waals surface area contributed by atoms with Crippen molar-refractivity contribution in [3.63, 3.8) is 0 Å². The topological polar surface area (TPSA) is 53.6 Å². The summed E-state index contributed by atoms with van der Waals surface area (Å²) in [5, 5.41) is 21.4. The molecule has 0 saturated carbocycles. The number of hydrogen-bond acceptors (Lipinski definition) is 3. The number of aliphatic hydroxyl groups is 1. The Hall–Kier alpha value is -3.04. The maximum atomic E-state index is 10.7. The number of para-hydroxylation sites is 1. The number of phenolic OH excluding ortho intramolecular Hbond substituents is 1. The van der Waals surface area contributed by atoms with Crippen LogP contribution in [0.4, 0.5) is 0 Å². The van der Waals surface area contributed by atoms with E-state index >= 15 is 0 Å². The highest BCUT2D eigenvalue weighted by Crippen LogP contribution is 2.32. The molecule has 1 heterocycles. The van der Waals surface area contributed by atoms with Crippen LogP contribution < -0.4 is 0 Å². The van der Waals surface area contributed by atoms with Crippen LogP contribution in [0, 0.1) is 0 Å². The summed E-state index contributed by atoms with van der Waals surface area (Å²) in [6.45, 7) is 0. The van der Waals surface area contributed by atoms with E-state index in [1.165, 1.54) is 11.1 Å². The van der Waals surface area contributed by atoms with Crippen LogP contribution in [0.25, 0.3) is 11.0 Å². The fourth-order valence-corrected chi connectivity index (χ4v) is 3.86. The minimum atomic E-state index is -0.474. The van der Waals surface area contributed by atoms with E-state index in [0.717, 1.165) is 17.4 Å². The van der Waals surface area contributed by atoms with Crippen LogP contribution >= 0.6 is 0 Å². The van der Waals surface area contributed by atoms with Crippen LogP contribution in [0.1, 0.15) is 35.4 Å². The Kier molecular flexibility index (Phi) is 5.45. The molecule has 4 aromatic rings. The predicted octanol–water partition coefficient (Wildman–Crippen LogP) is 5.65. The number of aliphatic hydroxyl groups excluding tert-OH is 1. The zero-order chi connectivity index (χ0) is 19.3. The van der Waals surface area contributed by atoms with Crippen molar-refractivity contribution in [1.82, 2.24) is 0 Å². The molecule has 1 atom stereocenters. The van der Waals surface area contributed by atoms with Crippen LogP contribution in [-0.2, 0) is 6.42 Å². The van der Waals surface area contributed by atoms with Gasteiger partial charge in [-0.15, -0.1) is 0 Å². The van der Waals surface area contributed by atoms with E-state index in [-0.39, 0.29) is 11.7 Å². The summed E-state index contributed by atoms with van der Waals surface area (Å²) >= 11 is 0. The quantitative estimate of drug-likeness (QED) is 0.440. The third-order valence-electron chi connectivity index (χ3n) is 5.31. The molecule has 0 aliphatic rings. The molecule has 3 heteroatoms. The summed E-state index contributed by atoms with van der Waals surface area (Å²) in [6.07, 6.45) is 3.21. The Morgan fingerprint density at radius 1 is 0.750 bits per heavy atom. The lowest BCUT2D eigenvalue weighted by atomic mass is 9.86. The average Bonchev–Trinajstić information content (AvgIpc) is 3.14. The summed E-state index contributed by atoms with van der Waals surface area (Å²) in [5.74, 6) is 0.383. The van der Waals surface area contributed by atoms with Gasteiger partial charge in [-0.2, -0.15) is 0 Å². The first-order valence-electron chi connectivity index (χ1n) is 9.68. The van der Waals surface area contributed by atoms with Gasteiger partial charge >= 0.3 is 0 Å². The molecule has 4 rings (SSSR count). The van der Waals surface area contributed by atoms with Gasteiger partial charge in [0.15, 0.2) is 11.3 Å². The Balaban J connectivity index is 1.48. The minimum absolute atomic E-state index is 0.131. The molecule has 1 aromatic heterocycles. The van der Waals surface area contributed by atoms with Gasteiger partial charge in [-0.1, -0.05) is 72.8 Å². The Labute approximate surface area is 164 Å². The normalized spacial score (nSPS) is 12.5. The summed E-state index contributed by atoms with van der Waals surface area (Å²) in [7, 11) is 0. The van der Waals surface area contributed by atoms with Gasteiger partial charge < -0.3 is 14.6 Å². The van der Waals surface area contributed by atoms with Crippen molar-refractivity contribution >= 4 is 11.0 Å². The molecule has 0 aliphatic heterocycles. The maximum Gasteiger partial charge on any atom is 0.175 e. The number of aromatic hydroxyl groups is 1. The van der Waals surface area contributed by atoms with Gasteiger partial charge in [-0.25, -0.2) is 0 Å². The van der Waals surface area contributed by atoms with E-state index in [2.05, 4.69) is 48.5 Å². The zero-order valence-corrected chi connectivity index (χ0v) is 15.7. The van der Waals surface area contributed by atoms with Crippen molar-refractivity contribution in [2.75, 3.05) is 0 Å². The molecule has 0 amide bonds. The van der Waals surface area contributed by atoms with Crippen molar-refractivity contribution in [3.8, 4) is 5.75 Å². The predicted molar refractivity (Wildman–Crippen MR) is 112 cm³/mol. The molecule has 0 spiro atoms. The molecule has 0 bridgehead atoms. The van der Waals surface area contributed by atoms with Gasteiger partial charge in [0.25, 0.3) is 0 Å². The van der Waals surface area contributed by atoms with Crippen molar-refractivity contribution in [2.24, 2.45) is 0 Å². The molecular weight excluding hydrogens is 348 g/mol. The molecule has 142 valence electrons. The van der Waals surface area contributed by atoms with E-state index in [9.17, 15) is 10.2 Å². The first-order chi connectivity index (χ1) is 13.7. The number of fused-ring (bicyclic) bond motifs is 1. The van der Waals surface area contributed by atoms with Crippen molar-refractivity contribution < 1.29 is 14.6 Å². The lowest BCUT2D eigenvalue weighted by Crippen LogP contribution is -2.13. The Bertz CT molecular complexity index is 982. The number of hydrogen-bond donors (Lipinski definition) is 2. The van der Waals surface area contributed by atoms with Crippen LogP contribution in [0.3, 0.4) is 0 Å². The Morgan fingerprint density at radius 3 is 2.04 bits per heavy atom. The second kappa shape index (κ2) is 8.32. The zero-order valence-electron chi connectivity index (χ0n) is 15.7. The molecule has 0 radical (unpaired) electrons. The fraction of sp³-hybridized carbons (Fsp3) is 0.200. The van der Waals surface area contributed by atoms with Crippen molar-refractivity contribution in [3.05, 3.63) is 102 Å². The van der Waals surface area contributed by atoms with Gasteiger partial charge in [0.1, 0.15) is 0 Å². The molecule has 28 heavy (non-hydrogen) atoms. The van der Waals surface area contributed by atoms with Gasteiger partial charge in [0, 0.05) is 23.3 Å². The second-order valence-electron chi connectivity index (χ2n) is 7.22. The summed E-state index contributed by atoms with van der Waals surface area (Å²) in [5.41, 5.74) is 3.93. The van der Waals surface area contributed by atoms with Crippen LogP contribution in [0.5, 0.6) is 5.75 Å². The number of phenols is 1. The smallest absolute Gasteiger partial charge is 0.175 e. The standard InChI is InChI=1S/C25H24O3/c26-21(16-20-17-28-25-23(20)12-7-13-24(25)27)14-15-22(18-8-3-1-4-9-18)19-10-5-2-6-11-19/h1-13,17,21-22,26-27H,14-16H2. The molecular formula is C25H24O3.